The molecule has 13 heavy (non-hydrogen) atoms. The minimum atomic E-state index is 0.0109. The van der Waals surface area contributed by atoms with Gasteiger partial charge in [-0.15, -0.1) is 22.9 Å². The molecular weight excluding hydrogens is 202 g/mol. The van der Waals surface area contributed by atoms with Crippen molar-refractivity contribution in [2.75, 3.05) is 0 Å². The molecule has 1 aromatic carbocycles. The van der Waals surface area contributed by atoms with Crippen molar-refractivity contribution in [2.45, 2.75) is 19.2 Å². The van der Waals surface area contributed by atoms with Crippen molar-refractivity contribution in [3.8, 4) is 0 Å². The van der Waals surface area contributed by atoms with Gasteiger partial charge in [-0.05, 0) is 25.5 Å². The summed E-state index contributed by atoms with van der Waals surface area (Å²) in [6, 6.07) is 6.16. The Morgan fingerprint density at radius 2 is 2.23 bits per heavy atom. The first-order chi connectivity index (χ1) is 6.18. The van der Waals surface area contributed by atoms with Crippen molar-refractivity contribution in [2.24, 2.45) is 0 Å². The lowest BCUT2D eigenvalue weighted by Gasteiger charge is -1.92. The minimum absolute atomic E-state index is 0.0109. The van der Waals surface area contributed by atoms with E-state index in [0.717, 1.165) is 10.5 Å². The molecule has 1 nitrogen and oxygen atoms in total. The van der Waals surface area contributed by atoms with Gasteiger partial charge in [0.15, 0.2) is 0 Å². The van der Waals surface area contributed by atoms with Gasteiger partial charge in [0, 0.05) is 0 Å². The van der Waals surface area contributed by atoms with E-state index in [1.807, 2.05) is 19.1 Å². The molecule has 0 aliphatic carbocycles. The molecule has 0 saturated carbocycles. The third kappa shape index (κ3) is 1.56. The fourth-order valence-electron chi connectivity index (χ4n) is 1.27. The van der Waals surface area contributed by atoms with Gasteiger partial charge in [0.1, 0.15) is 5.01 Å². The SMILES string of the molecule is Cc1cccc2nc(C(C)Cl)sc12. The summed E-state index contributed by atoms with van der Waals surface area (Å²) in [4.78, 5) is 4.46. The molecule has 0 fully saturated rings. The number of halogens is 1. The Morgan fingerprint density at radius 1 is 1.46 bits per heavy atom. The maximum atomic E-state index is 5.97. The fraction of sp³-hybridized carbons (Fsp3) is 0.300. The average molecular weight is 212 g/mol. The maximum absolute atomic E-state index is 5.97. The van der Waals surface area contributed by atoms with E-state index < -0.39 is 0 Å². The van der Waals surface area contributed by atoms with Gasteiger partial charge < -0.3 is 0 Å². The molecule has 0 spiro atoms. The molecule has 1 heterocycles. The lowest BCUT2D eigenvalue weighted by Crippen LogP contribution is -1.79. The van der Waals surface area contributed by atoms with Crippen LogP contribution in [0.3, 0.4) is 0 Å². The topological polar surface area (TPSA) is 12.9 Å². The van der Waals surface area contributed by atoms with E-state index in [0.29, 0.717) is 0 Å². The van der Waals surface area contributed by atoms with E-state index in [-0.39, 0.29) is 5.38 Å². The monoisotopic (exact) mass is 211 g/mol. The van der Waals surface area contributed by atoms with Gasteiger partial charge in [0.05, 0.1) is 15.6 Å². The summed E-state index contributed by atoms with van der Waals surface area (Å²) in [5, 5.41) is 1.02. The van der Waals surface area contributed by atoms with Crippen LogP contribution in [0.4, 0.5) is 0 Å². The Morgan fingerprint density at radius 3 is 2.85 bits per heavy atom. The summed E-state index contributed by atoms with van der Waals surface area (Å²) in [7, 11) is 0. The summed E-state index contributed by atoms with van der Waals surface area (Å²) >= 11 is 7.66. The number of aromatic nitrogens is 1. The molecule has 0 aliphatic heterocycles. The van der Waals surface area contributed by atoms with E-state index in [1.54, 1.807) is 11.3 Å². The van der Waals surface area contributed by atoms with E-state index >= 15 is 0 Å². The van der Waals surface area contributed by atoms with Crippen LogP contribution in [-0.4, -0.2) is 4.98 Å². The highest BCUT2D eigenvalue weighted by Crippen LogP contribution is 2.31. The van der Waals surface area contributed by atoms with Crippen LogP contribution in [0.15, 0.2) is 18.2 Å². The smallest absolute Gasteiger partial charge is 0.111 e. The Labute approximate surface area is 86.4 Å². The van der Waals surface area contributed by atoms with Crippen LogP contribution in [0.2, 0.25) is 0 Å². The first-order valence-corrected chi connectivity index (χ1v) is 5.44. The van der Waals surface area contributed by atoms with E-state index in [2.05, 4.69) is 18.0 Å². The van der Waals surface area contributed by atoms with Gasteiger partial charge in [-0.1, -0.05) is 12.1 Å². The second kappa shape index (κ2) is 3.28. The number of benzene rings is 1. The summed E-state index contributed by atoms with van der Waals surface area (Å²) in [6.07, 6.45) is 0. The number of thiazole rings is 1. The summed E-state index contributed by atoms with van der Waals surface area (Å²) < 4.78 is 1.25. The lowest BCUT2D eigenvalue weighted by atomic mass is 10.2. The van der Waals surface area contributed by atoms with Crippen LogP contribution in [0.5, 0.6) is 0 Å². The first kappa shape index (κ1) is 8.97. The van der Waals surface area contributed by atoms with Gasteiger partial charge in [0.25, 0.3) is 0 Å². The molecule has 0 amide bonds. The van der Waals surface area contributed by atoms with Crippen LogP contribution in [0.25, 0.3) is 10.2 Å². The van der Waals surface area contributed by atoms with Crippen molar-refractivity contribution >= 4 is 33.2 Å². The van der Waals surface area contributed by atoms with E-state index in [1.165, 1.54) is 10.3 Å². The van der Waals surface area contributed by atoms with Gasteiger partial charge in [-0.3, -0.25) is 0 Å². The molecule has 1 unspecified atom stereocenters. The molecule has 1 atom stereocenters. The maximum Gasteiger partial charge on any atom is 0.111 e. The highest BCUT2D eigenvalue weighted by Gasteiger charge is 2.09. The average Bonchev–Trinajstić information content (AvgIpc) is 2.49. The second-order valence-electron chi connectivity index (χ2n) is 3.09. The third-order valence-electron chi connectivity index (χ3n) is 1.97. The lowest BCUT2D eigenvalue weighted by molar-refractivity contribution is 1.06. The number of nitrogens with zero attached hydrogens (tertiary/aromatic N) is 1. The molecule has 1 aromatic heterocycles. The van der Waals surface area contributed by atoms with Crippen molar-refractivity contribution in [1.82, 2.24) is 4.98 Å². The molecule has 2 rings (SSSR count). The number of fused-ring (bicyclic) bond motifs is 1. The molecule has 2 aromatic rings. The van der Waals surface area contributed by atoms with Gasteiger partial charge in [-0.25, -0.2) is 4.98 Å². The highest BCUT2D eigenvalue weighted by molar-refractivity contribution is 7.19. The number of hydrogen-bond acceptors (Lipinski definition) is 2. The van der Waals surface area contributed by atoms with E-state index in [9.17, 15) is 0 Å². The molecule has 0 radical (unpaired) electrons. The molecular formula is C10H10ClNS. The Bertz CT molecular complexity index is 433. The van der Waals surface area contributed by atoms with Crippen LogP contribution in [0.1, 0.15) is 22.9 Å². The predicted octanol–water partition coefficient (Wildman–Crippen LogP) is 3.90. The van der Waals surface area contributed by atoms with Gasteiger partial charge in [-0.2, -0.15) is 0 Å². The van der Waals surface area contributed by atoms with Crippen LogP contribution in [0, 0.1) is 6.92 Å². The molecule has 3 heteroatoms. The minimum Gasteiger partial charge on any atom is -0.240 e. The molecule has 0 aliphatic rings. The number of alkyl halides is 1. The Kier molecular flexibility index (Phi) is 2.26. The van der Waals surface area contributed by atoms with Gasteiger partial charge in [0.2, 0.25) is 0 Å². The summed E-state index contributed by atoms with van der Waals surface area (Å²) in [5.41, 5.74) is 2.34. The van der Waals surface area contributed by atoms with Crippen molar-refractivity contribution in [1.29, 1.82) is 0 Å². The number of aryl methyl sites for hydroxylation is 1. The second-order valence-corrected chi connectivity index (χ2v) is 4.78. The van der Waals surface area contributed by atoms with Crippen LogP contribution in [-0.2, 0) is 0 Å². The standard InChI is InChI=1S/C10H10ClNS/c1-6-4-3-5-8-9(6)13-10(12-8)7(2)11/h3-5,7H,1-2H3. The van der Waals surface area contributed by atoms with Crippen molar-refractivity contribution in [3.05, 3.63) is 28.8 Å². The first-order valence-electron chi connectivity index (χ1n) is 4.18. The van der Waals surface area contributed by atoms with E-state index in [4.69, 9.17) is 11.6 Å². The van der Waals surface area contributed by atoms with Crippen LogP contribution >= 0.6 is 22.9 Å². The quantitative estimate of drug-likeness (QED) is 0.652. The third-order valence-corrected chi connectivity index (χ3v) is 3.69. The fourth-order valence-corrected chi connectivity index (χ4v) is 2.42. The Balaban J connectivity index is 2.68. The number of hydrogen-bond donors (Lipinski definition) is 0. The largest absolute Gasteiger partial charge is 0.240 e. The normalized spacial score (nSPS) is 13.5. The number of rotatable bonds is 1. The van der Waals surface area contributed by atoms with Crippen LogP contribution < -0.4 is 0 Å². The highest BCUT2D eigenvalue weighted by atomic mass is 35.5. The summed E-state index contributed by atoms with van der Waals surface area (Å²) in [5.74, 6) is 0. The zero-order valence-corrected chi connectivity index (χ0v) is 9.12. The molecule has 0 N–H and O–H groups in total. The predicted molar refractivity (Wildman–Crippen MR) is 58.6 cm³/mol. The zero-order chi connectivity index (χ0) is 9.42. The summed E-state index contributed by atoms with van der Waals surface area (Å²) in [6.45, 7) is 4.05. The molecule has 68 valence electrons. The van der Waals surface area contributed by atoms with Crippen molar-refractivity contribution < 1.29 is 0 Å². The Hall–Kier alpha value is -0.600. The molecule has 0 saturated heterocycles. The van der Waals surface area contributed by atoms with Crippen molar-refractivity contribution in [3.63, 3.8) is 0 Å². The zero-order valence-electron chi connectivity index (χ0n) is 7.54. The molecule has 0 bridgehead atoms. The van der Waals surface area contributed by atoms with Gasteiger partial charge >= 0.3 is 0 Å².